The van der Waals surface area contributed by atoms with Gasteiger partial charge in [-0.25, -0.2) is 0 Å². The fourth-order valence-electron chi connectivity index (χ4n) is 1.98. The van der Waals surface area contributed by atoms with E-state index in [4.69, 9.17) is 0 Å². The van der Waals surface area contributed by atoms with Crippen LogP contribution in [0.1, 0.15) is 71.9 Å². The predicted molar refractivity (Wildman–Crippen MR) is 76.6 cm³/mol. The van der Waals surface area contributed by atoms with Crippen LogP contribution in [0.5, 0.6) is 0 Å². The largest absolute Gasteiger partial charge is 0.252 e. The first-order valence-corrected chi connectivity index (χ1v) is 7.40. The van der Waals surface area contributed by atoms with Gasteiger partial charge in [-0.1, -0.05) is 59.1 Å². The minimum atomic E-state index is 0.500. The van der Waals surface area contributed by atoms with Crippen LogP contribution < -0.4 is 0 Å². The van der Waals surface area contributed by atoms with Crippen LogP contribution in [0.2, 0.25) is 0 Å². The minimum Gasteiger partial charge on any atom is -0.252 e. The lowest BCUT2D eigenvalue weighted by atomic mass is 9.95. The van der Waals surface area contributed by atoms with E-state index in [0.29, 0.717) is 11.8 Å². The molecule has 0 amide bonds. The van der Waals surface area contributed by atoms with Crippen molar-refractivity contribution in [2.75, 3.05) is 0 Å². The molecule has 0 aliphatic rings. The SMILES string of the molecule is CC(C)CCCCCn1cc(C(C)C(C)C)nn1. The van der Waals surface area contributed by atoms with Crippen molar-refractivity contribution in [3.63, 3.8) is 0 Å². The second-order valence-electron chi connectivity index (χ2n) is 6.18. The molecule has 0 aliphatic heterocycles. The third-order valence-corrected chi connectivity index (χ3v) is 3.69. The molecule has 3 nitrogen and oxygen atoms in total. The second kappa shape index (κ2) is 7.55. The molecule has 3 heteroatoms. The van der Waals surface area contributed by atoms with Crippen LogP contribution in [0.3, 0.4) is 0 Å². The number of aromatic nitrogens is 3. The van der Waals surface area contributed by atoms with E-state index in [0.717, 1.165) is 18.2 Å². The van der Waals surface area contributed by atoms with Gasteiger partial charge in [0.25, 0.3) is 0 Å². The molecule has 1 atom stereocenters. The van der Waals surface area contributed by atoms with Crippen molar-refractivity contribution in [3.8, 4) is 0 Å². The summed E-state index contributed by atoms with van der Waals surface area (Å²) < 4.78 is 2.00. The molecule has 1 aromatic rings. The summed E-state index contributed by atoms with van der Waals surface area (Å²) in [6.07, 6.45) is 7.31. The van der Waals surface area contributed by atoms with Crippen molar-refractivity contribution >= 4 is 0 Å². The fourth-order valence-corrected chi connectivity index (χ4v) is 1.98. The Morgan fingerprint density at radius 2 is 1.78 bits per heavy atom. The lowest BCUT2D eigenvalue weighted by molar-refractivity contribution is 0.487. The van der Waals surface area contributed by atoms with Gasteiger partial charge in [0.05, 0.1) is 5.69 Å². The number of rotatable bonds is 8. The van der Waals surface area contributed by atoms with Crippen LogP contribution >= 0.6 is 0 Å². The van der Waals surface area contributed by atoms with Crippen LogP contribution in [0.4, 0.5) is 0 Å². The normalized spacial score (nSPS) is 13.5. The summed E-state index contributed by atoms with van der Waals surface area (Å²) >= 11 is 0. The van der Waals surface area contributed by atoms with Crippen LogP contribution in [-0.4, -0.2) is 15.0 Å². The van der Waals surface area contributed by atoms with Crippen molar-refractivity contribution in [1.82, 2.24) is 15.0 Å². The second-order valence-corrected chi connectivity index (χ2v) is 6.18. The van der Waals surface area contributed by atoms with Crippen molar-refractivity contribution in [3.05, 3.63) is 11.9 Å². The molecule has 0 aromatic carbocycles. The first kappa shape index (κ1) is 15.2. The standard InChI is InChI=1S/C15H29N3/c1-12(2)9-7-6-8-10-18-11-15(16-17-18)14(5)13(3)4/h11-14H,6-10H2,1-5H3. The predicted octanol–water partition coefficient (Wildman–Crippen LogP) is 4.25. The van der Waals surface area contributed by atoms with Gasteiger partial charge in [-0.15, -0.1) is 5.10 Å². The molecule has 0 saturated heterocycles. The summed E-state index contributed by atoms with van der Waals surface area (Å²) in [5, 5.41) is 8.50. The lowest BCUT2D eigenvalue weighted by Crippen LogP contribution is -2.02. The molecule has 1 heterocycles. The van der Waals surface area contributed by atoms with Crippen LogP contribution in [-0.2, 0) is 6.54 Å². The van der Waals surface area contributed by atoms with E-state index in [1.165, 1.54) is 25.7 Å². The molecule has 0 fully saturated rings. The molecule has 0 bridgehead atoms. The first-order chi connectivity index (χ1) is 8.50. The van der Waals surface area contributed by atoms with E-state index in [9.17, 15) is 0 Å². The fraction of sp³-hybridized carbons (Fsp3) is 0.867. The number of unbranched alkanes of at least 4 members (excludes halogenated alkanes) is 2. The topological polar surface area (TPSA) is 30.7 Å². The Morgan fingerprint density at radius 3 is 2.39 bits per heavy atom. The van der Waals surface area contributed by atoms with Crippen molar-refractivity contribution < 1.29 is 0 Å². The maximum Gasteiger partial charge on any atom is 0.0857 e. The van der Waals surface area contributed by atoms with E-state index < -0.39 is 0 Å². The summed E-state index contributed by atoms with van der Waals surface area (Å²) in [5.41, 5.74) is 1.13. The average Bonchev–Trinajstić information content (AvgIpc) is 2.75. The minimum absolute atomic E-state index is 0.500. The molecule has 0 aliphatic carbocycles. The Bertz CT molecular complexity index is 328. The van der Waals surface area contributed by atoms with Crippen molar-refractivity contribution in [2.45, 2.75) is 72.8 Å². The summed E-state index contributed by atoms with van der Waals surface area (Å²) in [7, 11) is 0. The van der Waals surface area contributed by atoms with Gasteiger partial charge in [-0.3, -0.25) is 4.68 Å². The third kappa shape index (κ3) is 5.19. The Kier molecular flexibility index (Phi) is 6.37. The van der Waals surface area contributed by atoms with Crippen LogP contribution in [0, 0.1) is 11.8 Å². The van der Waals surface area contributed by atoms with Gasteiger partial charge in [-0.05, 0) is 18.3 Å². The third-order valence-electron chi connectivity index (χ3n) is 3.69. The zero-order valence-electron chi connectivity index (χ0n) is 12.7. The van der Waals surface area contributed by atoms with Gasteiger partial charge >= 0.3 is 0 Å². The highest BCUT2D eigenvalue weighted by atomic mass is 15.4. The quantitative estimate of drug-likeness (QED) is 0.646. The van der Waals surface area contributed by atoms with Gasteiger partial charge in [0, 0.05) is 18.7 Å². The zero-order valence-corrected chi connectivity index (χ0v) is 12.7. The maximum absolute atomic E-state index is 4.28. The molecule has 18 heavy (non-hydrogen) atoms. The van der Waals surface area contributed by atoms with E-state index >= 15 is 0 Å². The van der Waals surface area contributed by atoms with Crippen molar-refractivity contribution in [2.24, 2.45) is 11.8 Å². The summed E-state index contributed by atoms with van der Waals surface area (Å²) in [4.78, 5) is 0. The Balaban J connectivity index is 2.27. The Labute approximate surface area is 112 Å². The molecule has 1 rings (SSSR count). The highest BCUT2D eigenvalue weighted by Gasteiger charge is 2.13. The lowest BCUT2D eigenvalue weighted by Gasteiger charge is -2.10. The molecule has 0 radical (unpaired) electrons. The number of nitrogens with zero attached hydrogens (tertiary/aromatic N) is 3. The monoisotopic (exact) mass is 251 g/mol. The molecule has 0 spiro atoms. The smallest absolute Gasteiger partial charge is 0.0857 e. The van der Waals surface area contributed by atoms with E-state index in [1.807, 2.05) is 4.68 Å². The van der Waals surface area contributed by atoms with Crippen molar-refractivity contribution in [1.29, 1.82) is 0 Å². The van der Waals surface area contributed by atoms with Gasteiger partial charge in [0.2, 0.25) is 0 Å². The van der Waals surface area contributed by atoms with Gasteiger partial charge < -0.3 is 0 Å². The molecular formula is C15H29N3. The number of aryl methyl sites for hydroxylation is 1. The highest BCUT2D eigenvalue weighted by Crippen LogP contribution is 2.21. The Hall–Kier alpha value is -0.860. The zero-order chi connectivity index (χ0) is 13.5. The summed E-state index contributed by atoms with van der Waals surface area (Å²) in [5.74, 6) is 1.95. The van der Waals surface area contributed by atoms with Crippen LogP contribution in [0.15, 0.2) is 6.20 Å². The van der Waals surface area contributed by atoms with Gasteiger partial charge in [0.1, 0.15) is 0 Å². The molecule has 1 unspecified atom stereocenters. The van der Waals surface area contributed by atoms with E-state index in [-0.39, 0.29) is 0 Å². The molecule has 104 valence electrons. The molecule has 1 aromatic heterocycles. The Morgan fingerprint density at radius 1 is 1.06 bits per heavy atom. The summed E-state index contributed by atoms with van der Waals surface area (Å²) in [6, 6.07) is 0. The number of hydrogen-bond acceptors (Lipinski definition) is 2. The van der Waals surface area contributed by atoms with E-state index in [2.05, 4.69) is 51.1 Å². The van der Waals surface area contributed by atoms with Crippen LogP contribution in [0.25, 0.3) is 0 Å². The molecular weight excluding hydrogens is 222 g/mol. The molecule has 0 saturated carbocycles. The van der Waals surface area contributed by atoms with Gasteiger partial charge in [0.15, 0.2) is 0 Å². The van der Waals surface area contributed by atoms with E-state index in [1.54, 1.807) is 0 Å². The highest BCUT2D eigenvalue weighted by molar-refractivity contribution is 5.01. The summed E-state index contributed by atoms with van der Waals surface area (Å²) in [6.45, 7) is 12.3. The first-order valence-electron chi connectivity index (χ1n) is 7.40. The number of hydrogen-bond donors (Lipinski definition) is 0. The van der Waals surface area contributed by atoms with Gasteiger partial charge in [-0.2, -0.15) is 0 Å². The average molecular weight is 251 g/mol. The molecule has 0 N–H and O–H groups in total. The maximum atomic E-state index is 4.28.